The molecular weight excluding hydrogens is 341 g/mol. The highest BCUT2D eigenvalue weighted by atomic mass is 35.5. The number of anilines is 1. The van der Waals surface area contributed by atoms with Gasteiger partial charge in [0.1, 0.15) is 0 Å². The first-order valence-corrected chi connectivity index (χ1v) is 9.28. The van der Waals surface area contributed by atoms with Gasteiger partial charge in [0.15, 0.2) is 0 Å². The maximum absolute atomic E-state index is 12.3. The number of halogens is 2. The highest BCUT2D eigenvalue weighted by Gasteiger charge is 2.22. The third kappa shape index (κ3) is 3.75. The first-order valence-electron chi connectivity index (χ1n) is 6.68. The third-order valence-electron chi connectivity index (χ3n) is 3.42. The molecule has 22 heavy (non-hydrogen) atoms. The van der Waals surface area contributed by atoms with Crippen LogP contribution in [0.4, 0.5) is 5.69 Å². The average Bonchev–Trinajstić information content (AvgIpc) is 2.38. The van der Waals surface area contributed by atoms with Crippen LogP contribution in [0.2, 0.25) is 10.0 Å². The van der Waals surface area contributed by atoms with E-state index in [1.807, 2.05) is 32.0 Å². The van der Waals surface area contributed by atoms with Gasteiger partial charge in [-0.25, -0.2) is 8.42 Å². The fraction of sp³-hybridized carbons (Fsp3) is 0.250. The standard InChI is InChI=1S/C16H17Cl2NO2S/c1-11-5-4-6-12(2)16(11)19(22(3,20)21)10-13-7-8-14(17)9-15(13)18/h4-9H,10H2,1-3H3. The molecule has 3 nitrogen and oxygen atoms in total. The number of nitrogens with zero attached hydrogens (tertiary/aromatic N) is 1. The number of benzene rings is 2. The van der Waals surface area contributed by atoms with E-state index in [9.17, 15) is 8.42 Å². The monoisotopic (exact) mass is 357 g/mol. The lowest BCUT2D eigenvalue weighted by molar-refractivity contribution is 0.596. The molecular formula is C16H17Cl2NO2S. The van der Waals surface area contributed by atoms with Gasteiger partial charge in [-0.05, 0) is 42.7 Å². The Labute approximate surface area is 141 Å². The van der Waals surface area contributed by atoms with Crippen LogP contribution in [0.5, 0.6) is 0 Å². The van der Waals surface area contributed by atoms with Crippen molar-refractivity contribution < 1.29 is 8.42 Å². The molecule has 0 saturated heterocycles. The van der Waals surface area contributed by atoms with E-state index in [-0.39, 0.29) is 6.54 Å². The summed E-state index contributed by atoms with van der Waals surface area (Å²) >= 11 is 12.1. The predicted molar refractivity (Wildman–Crippen MR) is 93.4 cm³/mol. The fourth-order valence-electron chi connectivity index (χ4n) is 2.37. The molecule has 0 aromatic heterocycles. The van der Waals surface area contributed by atoms with Crippen LogP contribution in [0.1, 0.15) is 16.7 Å². The van der Waals surface area contributed by atoms with Crippen LogP contribution in [0, 0.1) is 13.8 Å². The van der Waals surface area contributed by atoms with Crippen LogP contribution < -0.4 is 4.31 Å². The molecule has 0 heterocycles. The van der Waals surface area contributed by atoms with Crippen molar-refractivity contribution >= 4 is 38.9 Å². The zero-order chi connectivity index (χ0) is 16.5. The van der Waals surface area contributed by atoms with Gasteiger partial charge in [0.2, 0.25) is 10.0 Å². The molecule has 0 spiro atoms. The Hall–Kier alpha value is -1.23. The van der Waals surface area contributed by atoms with Gasteiger partial charge in [-0.2, -0.15) is 0 Å². The maximum atomic E-state index is 12.3. The van der Waals surface area contributed by atoms with Crippen molar-refractivity contribution in [1.82, 2.24) is 0 Å². The Morgan fingerprint density at radius 1 is 1.05 bits per heavy atom. The number of para-hydroxylation sites is 1. The molecule has 0 aliphatic carbocycles. The van der Waals surface area contributed by atoms with Crippen LogP contribution in [0.15, 0.2) is 36.4 Å². The Morgan fingerprint density at radius 2 is 1.64 bits per heavy atom. The minimum absolute atomic E-state index is 0.167. The molecule has 0 bridgehead atoms. The fourth-order valence-corrected chi connectivity index (χ4v) is 3.83. The van der Waals surface area contributed by atoms with E-state index in [0.29, 0.717) is 21.3 Å². The summed E-state index contributed by atoms with van der Waals surface area (Å²) in [6.45, 7) is 3.95. The molecule has 0 unspecified atom stereocenters. The van der Waals surface area contributed by atoms with Gasteiger partial charge in [0, 0.05) is 10.0 Å². The summed E-state index contributed by atoms with van der Waals surface area (Å²) in [7, 11) is -3.45. The van der Waals surface area contributed by atoms with E-state index in [1.165, 1.54) is 10.6 Å². The molecule has 0 atom stereocenters. The van der Waals surface area contributed by atoms with Gasteiger partial charge >= 0.3 is 0 Å². The Morgan fingerprint density at radius 3 is 2.14 bits per heavy atom. The van der Waals surface area contributed by atoms with Crippen molar-refractivity contribution in [2.75, 3.05) is 10.6 Å². The molecule has 0 aliphatic heterocycles. The lowest BCUT2D eigenvalue weighted by atomic mass is 10.1. The minimum atomic E-state index is -3.45. The second-order valence-corrected chi connectivity index (χ2v) is 8.00. The number of aryl methyl sites for hydroxylation is 2. The number of hydrogen-bond donors (Lipinski definition) is 0. The van der Waals surface area contributed by atoms with Crippen LogP contribution in [-0.2, 0) is 16.6 Å². The van der Waals surface area contributed by atoms with E-state index < -0.39 is 10.0 Å². The van der Waals surface area contributed by atoms with E-state index in [0.717, 1.165) is 11.1 Å². The first-order chi connectivity index (χ1) is 10.2. The lowest BCUT2D eigenvalue weighted by Crippen LogP contribution is -2.30. The van der Waals surface area contributed by atoms with Crippen LogP contribution >= 0.6 is 23.2 Å². The molecule has 2 aromatic rings. The zero-order valence-corrected chi connectivity index (χ0v) is 14.9. The minimum Gasteiger partial charge on any atom is -0.265 e. The normalized spacial score (nSPS) is 11.5. The van der Waals surface area contributed by atoms with E-state index in [4.69, 9.17) is 23.2 Å². The quantitative estimate of drug-likeness (QED) is 0.803. The van der Waals surface area contributed by atoms with Crippen molar-refractivity contribution in [3.63, 3.8) is 0 Å². The highest BCUT2D eigenvalue weighted by molar-refractivity contribution is 7.92. The van der Waals surface area contributed by atoms with Gasteiger partial charge in [-0.3, -0.25) is 4.31 Å². The van der Waals surface area contributed by atoms with Crippen molar-refractivity contribution in [2.24, 2.45) is 0 Å². The summed E-state index contributed by atoms with van der Waals surface area (Å²) in [6.07, 6.45) is 1.20. The molecule has 2 rings (SSSR count). The molecule has 0 amide bonds. The molecule has 0 radical (unpaired) electrons. The largest absolute Gasteiger partial charge is 0.265 e. The summed E-state index contributed by atoms with van der Waals surface area (Å²) in [6, 6.07) is 10.8. The molecule has 6 heteroatoms. The Bertz CT molecular complexity index is 784. The van der Waals surface area contributed by atoms with Gasteiger partial charge < -0.3 is 0 Å². The summed E-state index contributed by atoms with van der Waals surface area (Å²) in [5.41, 5.74) is 3.20. The molecule has 0 N–H and O–H groups in total. The van der Waals surface area contributed by atoms with Crippen LogP contribution in [0.3, 0.4) is 0 Å². The molecule has 2 aromatic carbocycles. The Kier molecular flexibility index (Phi) is 5.05. The molecule has 0 fully saturated rings. The number of hydrogen-bond acceptors (Lipinski definition) is 2. The third-order valence-corrected chi connectivity index (χ3v) is 5.12. The average molecular weight is 358 g/mol. The summed E-state index contributed by atoms with van der Waals surface area (Å²) in [5.74, 6) is 0. The maximum Gasteiger partial charge on any atom is 0.232 e. The second-order valence-electron chi connectivity index (χ2n) is 5.25. The lowest BCUT2D eigenvalue weighted by Gasteiger charge is -2.26. The van der Waals surface area contributed by atoms with Crippen molar-refractivity contribution in [2.45, 2.75) is 20.4 Å². The van der Waals surface area contributed by atoms with Crippen LogP contribution in [0.25, 0.3) is 0 Å². The SMILES string of the molecule is Cc1cccc(C)c1N(Cc1ccc(Cl)cc1Cl)S(C)(=O)=O. The van der Waals surface area contributed by atoms with Crippen molar-refractivity contribution in [1.29, 1.82) is 0 Å². The number of rotatable bonds is 4. The predicted octanol–water partition coefficient (Wildman–Crippen LogP) is 4.58. The summed E-state index contributed by atoms with van der Waals surface area (Å²) in [4.78, 5) is 0. The topological polar surface area (TPSA) is 37.4 Å². The van der Waals surface area contributed by atoms with Crippen molar-refractivity contribution in [3.05, 3.63) is 63.1 Å². The highest BCUT2D eigenvalue weighted by Crippen LogP contribution is 2.30. The van der Waals surface area contributed by atoms with E-state index in [1.54, 1.807) is 18.2 Å². The summed E-state index contributed by atoms with van der Waals surface area (Å²) < 4.78 is 25.9. The van der Waals surface area contributed by atoms with Gasteiger partial charge in [-0.1, -0.05) is 47.5 Å². The first kappa shape index (κ1) is 17.1. The second kappa shape index (κ2) is 6.49. The smallest absolute Gasteiger partial charge is 0.232 e. The van der Waals surface area contributed by atoms with Gasteiger partial charge in [-0.15, -0.1) is 0 Å². The van der Waals surface area contributed by atoms with E-state index in [2.05, 4.69) is 0 Å². The van der Waals surface area contributed by atoms with Gasteiger partial charge in [0.25, 0.3) is 0 Å². The molecule has 118 valence electrons. The zero-order valence-electron chi connectivity index (χ0n) is 12.6. The Balaban J connectivity index is 2.53. The number of sulfonamides is 1. The van der Waals surface area contributed by atoms with Crippen molar-refractivity contribution in [3.8, 4) is 0 Å². The summed E-state index contributed by atoms with van der Waals surface area (Å²) in [5, 5.41) is 0.971. The van der Waals surface area contributed by atoms with Crippen LogP contribution in [-0.4, -0.2) is 14.7 Å². The molecule has 0 aliphatic rings. The molecule has 0 saturated carbocycles. The van der Waals surface area contributed by atoms with E-state index >= 15 is 0 Å². The van der Waals surface area contributed by atoms with Gasteiger partial charge in [0.05, 0.1) is 18.5 Å².